The number of hydrogen-bond acceptors (Lipinski definition) is 2. The van der Waals surface area contributed by atoms with Gasteiger partial charge in [-0.2, -0.15) is 0 Å². The van der Waals surface area contributed by atoms with Gasteiger partial charge in [-0.15, -0.1) is 11.3 Å². The van der Waals surface area contributed by atoms with Crippen LogP contribution >= 0.6 is 11.3 Å². The summed E-state index contributed by atoms with van der Waals surface area (Å²) in [5.74, 6) is -0.207. The molecule has 0 amide bonds. The van der Waals surface area contributed by atoms with Gasteiger partial charge < -0.3 is 5.32 Å². The Bertz CT molecular complexity index is 525. The average Bonchev–Trinajstić information content (AvgIpc) is 2.74. The summed E-state index contributed by atoms with van der Waals surface area (Å²) in [5, 5.41) is 3.24. The van der Waals surface area contributed by atoms with Gasteiger partial charge in [0.1, 0.15) is 5.82 Å². The monoisotopic (exact) mass is 263 g/mol. The lowest BCUT2D eigenvalue weighted by molar-refractivity contribution is 0.604. The number of nitrogens with one attached hydrogen (secondary N) is 1. The second-order valence-electron chi connectivity index (χ2n) is 5.38. The van der Waals surface area contributed by atoms with Gasteiger partial charge in [0.15, 0.2) is 0 Å². The maximum absolute atomic E-state index is 13.0. The molecular weight excluding hydrogens is 245 g/mol. The molecule has 3 heteroatoms. The Labute approximate surface area is 112 Å². The van der Waals surface area contributed by atoms with E-state index in [2.05, 4.69) is 38.2 Å². The van der Waals surface area contributed by atoms with Gasteiger partial charge in [-0.3, -0.25) is 0 Å². The first kappa shape index (κ1) is 13.1. The Balaban J connectivity index is 2.01. The minimum absolute atomic E-state index is 0.196. The van der Waals surface area contributed by atoms with Crippen LogP contribution in [0.1, 0.15) is 30.5 Å². The Kier molecular flexibility index (Phi) is 3.71. The molecule has 0 saturated carbocycles. The average molecular weight is 263 g/mol. The van der Waals surface area contributed by atoms with E-state index in [1.807, 2.05) is 17.4 Å². The first-order valence-electron chi connectivity index (χ1n) is 6.04. The van der Waals surface area contributed by atoms with E-state index in [1.54, 1.807) is 6.07 Å². The largest absolute Gasteiger partial charge is 0.380 e. The van der Waals surface area contributed by atoms with E-state index in [-0.39, 0.29) is 11.2 Å². The molecule has 1 nitrogen and oxygen atoms in total. The van der Waals surface area contributed by atoms with Crippen molar-refractivity contribution in [1.29, 1.82) is 0 Å². The first-order chi connectivity index (χ1) is 8.45. The van der Waals surface area contributed by atoms with Crippen molar-refractivity contribution >= 4 is 17.0 Å². The highest BCUT2D eigenvalue weighted by atomic mass is 32.1. The zero-order chi connectivity index (χ0) is 13.2. The van der Waals surface area contributed by atoms with Crippen LogP contribution in [0.25, 0.3) is 0 Å². The number of hydrogen-bond donors (Lipinski definition) is 1. The fraction of sp³-hybridized carbons (Fsp3) is 0.333. The maximum atomic E-state index is 13.0. The molecule has 2 aromatic rings. The van der Waals surface area contributed by atoms with Gasteiger partial charge >= 0.3 is 0 Å². The third-order valence-electron chi connectivity index (χ3n) is 2.69. The number of halogens is 1. The molecule has 0 unspecified atom stereocenters. The highest BCUT2D eigenvalue weighted by Crippen LogP contribution is 2.29. The van der Waals surface area contributed by atoms with Crippen LogP contribution in [-0.4, -0.2) is 0 Å². The van der Waals surface area contributed by atoms with E-state index in [0.717, 1.165) is 12.2 Å². The molecule has 0 saturated heterocycles. The molecule has 0 fully saturated rings. The van der Waals surface area contributed by atoms with Gasteiger partial charge in [-0.1, -0.05) is 26.8 Å². The van der Waals surface area contributed by atoms with E-state index in [4.69, 9.17) is 0 Å². The highest BCUT2D eigenvalue weighted by molar-refractivity contribution is 7.12. The van der Waals surface area contributed by atoms with Gasteiger partial charge in [0.2, 0.25) is 0 Å². The lowest BCUT2D eigenvalue weighted by Crippen LogP contribution is -2.07. The van der Waals surface area contributed by atoms with Crippen LogP contribution in [0.4, 0.5) is 10.1 Å². The molecule has 18 heavy (non-hydrogen) atoms. The second kappa shape index (κ2) is 5.11. The first-order valence-corrected chi connectivity index (χ1v) is 6.85. The van der Waals surface area contributed by atoms with E-state index >= 15 is 0 Å². The van der Waals surface area contributed by atoms with Crippen molar-refractivity contribution in [2.75, 3.05) is 5.32 Å². The van der Waals surface area contributed by atoms with Crippen LogP contribution in [0.15, 0.2) is 36.4 Å². The van der Waals surface area contributed by atoms with Gasteiger partial charge in [0, 0.05) is 22.0 Å². The van der Waals surface area contributed by atoms with Crippen molar-refractivity contribution in [3.63, 3.8) is 0 Å². The summed E-state index contributed by atoms with van der Waals surface area (Å²) in [6, 6.07) is 10.9. The minimum atomic E-state index is -0.207. The van der Waals surface area contributed by atoms with Crippen molar-refractivity contribution in [2.45, 2.75) is 32.7 Å². The van der Waals surface area contributed by atoms with Crippen LogP contribution in [0.3, 0.4) is 0 Å². The smallest absolute Gasteiger partial charge is 0.125 e. The number of anilines is 1. The van der Waals surface area contributed by atoms with Crippen LogP contribution in [0.2, 0.25) is 0 Å². The normalized spacial score (nSPS) is 11.6. The summed E-state index contributed by atoms with van der Waals surface area (Å²) >= 11 is 1.81. The summed E-state index contributed by atoms with van der Waals surface area (Å²) in [4.78, 5) is 2.64. The Hall–Kier alpha value is -1.35. The summed E-state index contributed by atoms with van der Waals surface area (Å²) in [7, 11) is 0. The topological polar surface area (TPSA) is 12.0 Å². The summed E-state index contributed by atoms with van der Waals surface area (Å²) < 4.78 is 13.0. The van der Waals surface area contributed by atoms with Crippen LogP contribution in [0, 0.1) is 5.82 Å². The molecule has 0 radical (unpaired) electrons. The molecule has 1 heterocycles. The SMILES string of the molecule is CC(C)(C)c1ccc(CNc2cccc(F)c2)s1. The maximum Gasteiger partial charge on any atom is 0.125 e. The van der Waals surface area contributed by atoms with Crippen molar-refractivity contribution < 1.29 is 4.39 Å². The van der Waals surface area contributed by atoms with Gasteiger partial charge in [0.05, 0.1) is 0 Å². The van der Waals surface area contributed by atoms with Gasteiger partial charge in [0.25, 0.3) is 0 Å². The molecule has 0 aliphatic rings. The van der Waals surface area contributed by atoms with Gasteiger partial charge in [-0.05, 0) is 35.7 Å². The van der Waals surface area contributed by atoms with E-state index in [1.165, 1.54) is 21.9 Å². The lowest BCUT2D eigenvalue weighted by Gasteiger charge is -2.15. The van der Waals surface area contributed by atoms with E-state index < -0.39 is 0 Å². The molecular formula is C15H18FNS. The molecule has 0 atom stereocenters. The number of benzene rings is 1. The zero-order valence-corrected chi connectivity index (χ0v) is 11.8. The van der Waals surface area contributed by atoms with Gasteiger partial charge in [-0.25, -0.2) is 4.39 Å². The van der Waals surface area contributed by atoms with Crippen LogP contribution < -0.4 is 5.32 Å². The Morgan fingerprint density at radius 1 is 1.17 bits per heavy atom. The zero-order valence-electron chi connectivity index (χ0n) is 11.0. The standard InChI is InChI=1S/C15H18FNS/c1-15(2,3)14-8-7-13(18-14)10-17-12-6-4-5-11(16)9-12/h4-9,17H,10H2,1-3H3. The highest BCUT2D eigenvalue weighted by Gasteiger charge is 2.15. The number of rotatable bonds is 3. The molecule has 96 valence electrons. The van der Waals surface area contributed by atoms with E-state index in [0.29, 0.717) is 0 Å². The summed E-state index contributed by atoms with van der Waals surface area (Å²) in [5.41, 5.74) is 1.02. The van der Waals surface area contributed by atoms with E-state index in [9.17, 15) is 4.39 Å². The Morgan fingerprint density at radius 2 is 1.94 bits per heavy atom. The van der Waals surface area contributed by atoms with Crippen LogP contribution in [-0.2, 0) is 12.0 Å². The third kappa shape index (κ3) is 3.33. The number of thiophene rings is 1. The molecule has 1 N–H and O–H groups in total. The van der Waals surface area contributed by atoms with Crippen molar-refractivity contribution in [3.05, 3.63) is 52.0 Å². The lowest BCUT2D eigenvalue weighted by atomic mass is 9.95. The molecule has 0 spiro atoms. The fourth-order valence-corrected chi connectivity index (χ4v) is 2.67. The van der Waals surface area contributed by atoms with Crippen LogP contribution in [0.5, 0.6) is 0 Å². The molecule has 2 rings (SSSR count). The molecule has 1 aromatic carbocycles. The molecule has 1 aromatic heterocycles. The molecule has 0 aliphatic carbocycles. The minimum Gasteiger partial charge on any atom is -0.380 e. The van der Waals surface area contributed by atoms with Crippen molar-refractivity contribution in [3.8, 4) is 0 Å². The van der Waals surface area contributed by atoms with Crippen molar-refractivity contribution in [1.82, 2.24) is 0 Å². The summed E-state index contributed by atoms with van der Waals surface area (Å²) in [6.07, 6.45) is 0. The predicted octanol–water partition coefficient (Wildman–Crippen LogP) is 4.80. The van der Waals surface area contributed by atoms with Crippen molar-refractivity contribution in [2.24, 2.45) is 0 Å². The quantitative estimate of drug-likeness (QED) is 0.839. The predicted molar refractivity (Wildman–Crippen MR) is 76.7 cm³/mol. The second-order valence-corrected chi connectivity index (χ2v) is 6.55. The summed E-state index contributed by atoms with van der Waals surface area (Å²) in [6.45, 7) is 7.37. The molecule has 0 aliphatic heterocycles. The third-order valence-corrected chi connectivity index (χ3v) is 4.20. The molecule has 0 bridgehead atoms. The Morgan fingerprint density at radius 3 is 2.56 bits per heavy atom. The fourth-order valence-electron chi connectivity index (χ4n) is 1.66.